The normalized spacial score (nSPS) is 13.0. The molecule has 6 nitrogen and oxygen atoms in total. The number of nitrogens with zero attached hydrogens (tertiary/aromatic N) is 4. The summed E-state index contributed by atoms with van der Waals surface area (Å²) in [5.74, 6) is 0.295. The van der Waals surface area contributed by atoms with E-state index in [1.807, 2.05) is 0 Å². The zero-order valence-electron chi connectivity index (χ0n) is 15.5. The van der Waals surface area contributed by atoms with Gasteiger partial charge in [0.2, 0.25) is 0 Å². The molecule has 3 heterocycles. The van der Waals surface area contributed by atoms with E-state index < -0.39 is 17.8 Å². The van der Waals surface area contributed by atoms with Crippen LogP contribution in [0, 0.1) is 6.92 Å². The molecular weight excluding hydrogens is 383 g/mol. The summed E-state index contributed by atoms with van der Waals surface area (Å²) in [6.45, 7) is 3.48. The van der Waals surface area contributed by atoms with Crippen LogP contribution in [-0.4, -0.2) is 24.7 Å². The first-order valence-electron chi connectivity index (χ1n) is 8.83. The van der Waals surface area contributed by atoms with Crippen molar-refractivity contribution in [2.24, 2.45) is 0 Å². The number of alkyl halides is 3. The second-order valence-electron chi connectivity index (χ2n) is 6.65. The molecule has 0 fully saturated rings. The van der Waals surface area contributed by atoms with Crippen LogP contribution in [0.5, 0.6) is 0 Å². The van der Waals surface area contributed by atoms with E-state index in [-0.39, 0.29) is 5.56 Å². The van der Waals surface area contributed by atoms with E-state index in [0.717, 1.165) is 12.1 Å². The highest BCUT2D eigenvalue weighted by molar-refractivity contribution is 5.79. The Morgan fingerprint density at radius 3 is 2.45 bits per heavy atom. The molecule has 3 aromatic heterocycles. The van der Waals surface area contributed by atoms with Gasteiger partial charge >= 0.3 is 6.18 Å². The van der Waals surface area contributed by atoms with Crippen molar-refractivity contribution in [1.29, 1.82) is 0 Å². The van der Waals surface area contributed by atoms with Crippen LogP contribution in [0.4, 0.5) is 13.2 Å². The van der Waals surface area contributed by atoms with Crippen molar-refractivity contribution in [2.75, 3.05) is 0 Å². The zero-order valence-corrected chi connectivity index (χ0v) is 15.5. The Labute approximate surface area is 163 Å². The van der Waals surface area contributed by atoms with E-state index in [1.165, 1.54) is 12.1 Å². The Balaban J connectivity index is 1.83. The van der Waals surface area contributed by atoms with Gasteiger partial charge in [-0.1, -0.05) is 18.2 Å². The summed E-state index contributed by atoms with van der Waals surface area (Å²) in [4.78, 5) is 24.1. The smallest absolute Gasteiger partial charge is 0.304 e. The van der Waals surface area contributed by atoms with Gasteiger partial charge in [0.1, 0.15) is 11.1 Å². The minimum atomic E-state index is -4.40. The molecule has 0 saturated heterocycles. The number of rotatable bonds is 3. The lowest BCUT2D eigenvalue weighted by Gasteiger charge is -2.15. The molecule has 0 bridgehead atoms. The summed E-state index contributed by atoms with van der Waals surface area (Å²) in [5.41, 5.74) is 0.878. The van der Waals surface area contributed by atoms with E-state index in [1.54, 1.807) is 42.9 Å². The van der Waals surface area contributed by atoms with Crippen LogP contribution in [0.3, 0.4) is 0 Å². The lowest BCUT2D eigenvalue weighted by molar-refractivity contribution is -0.137. The monoisotopic (exact) mass is 399 g/mol. The van der Waals surface area contributed by atoms with Gasteiger partial charge in [0, 0.05) is 6.20 Å². The lowest BCUT2D eigenvalue weighted by Crippen LogP contribution is -2.14. The largest absolute Gasteiger partial charge is 0.416 e. The molecule has 29 heavy (non-hydrogen) atoms. The molecule has 0 aliphatic heterocycles. The van der Waals surface area contributed by atoms with E-state index in [0.29, 0.717) is 33.8 Å². The van der Waals surface area contributed by atoms with Gasteiger partial charge in [0.15, 0.2) is 11.5 Å². The minimum Gasteiger partial charge on any atom is -0.304 e. The fourth-order valence-electron chi connectivity index (χ4n) is 3.20. The number of benzene rings is 1. The van der Waals surface area contributed by atoms with Gasteiger partial charge < -0.3 is 4.98 Å². The lowest BCUT2D eigenvalue weighted by atomic mass is 10.1. The second-order valence-corrected chi connectivity index (χ2v) is 6.65. The molecule has 0 amide bonds. The third kappa shape index (κ3) is 3.39. The molecule has 148 valence electrons. The van der Waals surface area contributed by atoms with Gasteiger partial charge in [-0.25, -0.2) is 9.67 Å². The van der Waals surface area contributed by atoms with Crippen LogP contribution in [0.25, 0.3) is 22.6 Å². The van der Waals surface area contributed by atoms with Crippen LogP contribution >= 0.6 is 0 Å². The SMILES string of the molecule is Cc1nn(C(C)c2ccc(C(F)(F)F)cc2)c2nc(-c3ccccn3)[nH]c(=O)c12. The molecule has 9 heteroatoms. The summed E-state index contributed by atoms with van der Waals surface area (Å²) in [6, 6.07) is 9.69. The van der Waals surface area contributed by atoms with Gasteiger partial charge in [-0.3, -0.25) is 9.78 Å². The van der Waals surface area contributed by atoms with Crippen molar-refractivity contribution < 1.29 is 13.2 Å². The molecule has 0 saturated carbocycles. The number of nitrogens with one attached hydrogen (secondary N) is 1. The molecule has 4 rings (SSSR count). The van der Waals surface area contributed by atoms with Crippen LogP contribution in [0.2, 0.25) is 0 Å². The first-order valence-corrected chi connectivity index (χ1v) is 8.83. The molecule has 1 N–H and O–H groups in total. The van der Waals surface area contributed by atoms with Crippen LogP contribution < -0.4 is 5.56 Å². The van der Waals surface area contributed by atoms with Crippen molar-refractivity contribution in [3.05, 3.63) is 75.8 Å². The number of halogens is 3. The average Bonchev–Trinajstić information content (AvgIpc) is 3.04. The quantitative estimate of drug-likeness (QED) is 0.562. The van der Waals surface area contributed by atoms with E-state index in [4.69, 9.17) is 0 Å². The average molecular weight is 399 g/mol. The maximum absolute atomic E-state index is 12.8. The third-order valence-electron chi connectivity index (χ3n) is 4.73. The standard InChI is InChI=1S/C20H16F3N5O/c1-11-16-18(25-17(26-19(16)29)15-5-3-4-10-24-15)28(27-11)12(2)13-6-8-14(9-7-13)20(21,22)23/h3-10,12H,1-2H3,(H,25,26,29). The topological polar surface area (TPSA) is 76.5 Å². The van der Waals surface area contributed by atoms with Gasteiger partial charge in [0.05, 0.1) is 17.3 Å². The van der Waals surface area contributed by atoms with Gasteiger partial charge in [0.25, 0.3) is 5.56 Å². The van der Waals surface area contributed by atoms with Crippen molar-refractivity contribution in [3.8, 4) is 11.5 Å². The molecule has 0 radical (unpaired) electrons. The number of aromatic nitrogens is 5. The second kappa shape index (κ2) is 6.84. The fourth-order valence-corrected chi connectivity index (χ4v) is 3.20. The Morgan fingerprint density at radius 2 is 1.83 bits per heavy atom. The van der Waals surface area contributed by atoms with Crippen molar-refractivity contribution >= 4 is 11.0 Å². The Hall–Kier alpha value is -3.49. The molecule has 1 unspecified atom stereocenters. The molecule has 0 spiro atoms. The number of fused-ring (bicyclic) bond motifs is 1. The summed E-state index contributed by atoms with van der Waals surface area (Å²) < 4.78 is 40.1. The predicted octanol–water partition coefficient (Wildman–Crippen LogP) is 4.12. The van der Waals surface area contributed by atoms with Crippen LogP contribution in [-0.2, 0) is 6.18 Å². The molecule has 1 aromatic carbocycles. The molecule has 4 aromatic rings. The molecule has 0 aliphatic rings. The number of aromatic amines is 1. The third-order valence-corrected chi connectivity index (χ3v) is 4.73. The predicted molar refractivity (Wildman–Crippen MR) is 101 cm³/mol. The highest BCUT2D eigenvalue weighted by Crippen LogP contribution is 2.31. The molecule has 1 atom stereocenters. The molecular formula is C20H16F3N5O. The molecule has 0 aliphatic carbocycles. The Kier molecular flexibility index (Phi) is 4.45. The number of hydrogen-bond donors (Lipinski definition) is 1. The Morgan fingerprint density at radius 1 is 1.10 bits per heavy atom. The van der Waals surface area contributed by atoms with E-state index in [9.17, 15) is 18.0 Å². The van der Waals surface area contributed by atoms with Crippen LogP contribution in [0.1, 0.15) is 29.8 Å². The number of aryl methyl sites for hydroxylation is 1. The Bertz CT molecular complexity index is 1230. The highest BCUT2D eigenvalue weighted by atomic mass is 19.4. The number of H-pyrrole nitrogens is 1. The van der Waals surface area contributed by atoms with Gasteiger partial charge in [-0.15, -0.1) is 0 Å². The number of pyridine rings is 1. The van der Waals surface area contributed by atoms with Crippen LogP contribution in [0.15, 0.2) is 53.5 Å². The zero-order chi connectivity index (χ0) is 20.8. The van der Waals surface area contributed by atoms with E-state index >= 15 is 0 Å². The maximum Gasteiger partial charge on any atom is 0.416 e. The number of hydrogen-bond acceptors (Lipinski definition) is 4. The van der Waals surface area contributed by atoms with Crippen molar-refractivity contribution in [3.63, 3.8) is 0 Å². The van der Waals surface area contributed by atoms with Crippen molar-refractivity contribution in [1.82, 2.24) is 24.7 Å². The summed E-state index contributed by atoms with van der Waals surface area (Å²) in [7, 11) is 0. The maximum atomic E-state index is 12.8. The highest BCUT2D eigenvalue weighted by Gasteiger charge is 2.30. The van der Waals surface area contributed by atoms with E-state index in [2.05, 4.69) is 20.1 Å². The summed E-state index contributed by atoms with van der Waals surface area (Å²) >= 11 is 0. The first-order chi connectivity index (χ1) is 13.8. The summed E-state index contributed by atoms with van der Waals surface area (Å²) in [5, 5.41) is 4.76. The van der Waals surface area contributed by atoms with Crippen molar-refractivity contribution in [2.45, 2.75) is 26.1 Å². The van der Waals surface area contributed by atoms with Gasteiger partial charge in [-0.05, 0) is 43.7 Å². The summed E-state index contributed by atoms with van der Waals surface area (Å²) in [6.07, 6.45) is -2.81. The fraction of sp³-hybridized carbons (Fsp3) is 0.200. The van der Waals surface area contributed by atoms with Gasteiger partial charge in [-0.2, -0.15) is 18.3 Å². The minimum absolute atomic E-state index is 0.295. The first kappa shape index (κ1) is 18.9.